The minimum Gasteiger partial charge on any atom is -0.296 e. The summed E-state index contributed by atoms with van der Waals surface area (Å²) >= 11 is 4.28. The predicted octanol–water partition coefficient (Wildman–Crippen LogP) is 2.71. The van der Waals surface area contributed by atoms with Crippen LogP contribution in [-0.2, 0) is 0 Å². The maximum Gasteiger partial charge on any atom is 0.0767 e. The molecule has 0 bridgehead atoms. The number of hydrogen-bond acceptors (Lipinski definition) is 3. The molecule has 13 heavy (non-hydrogen) atoms. The van der Waals surface area contributed by atoms with Crippen LogP contribution in [0, 0.1) is 0 Å². The van der Waals surface area contributed by atoms with E-state index in [1.165, 1.54) is 24.3 Å². The van der Waals surface area contributed by atoms with Crippen LogP contribution in [0.25, 0.3) is 0 Å². The van der Waals surface area contributed by atoms with E-state index < -0.39 is 0 Å². The molecule has 3 heteroatoms. The molecule has 2 fully saturated rings. The Kier molecular flexibility index (Phi) is 2.63. The normalized spacial score (nSPS) is 44.1. The Morgan fingerprint density at radius 2 is 2.15 bits per heavy atom. The molecule has 2 aliphatic heterocycles. The van der Waals surface area contributed by atoms with E-state index in [-0.39, 0.29) is 0 Å². The Balaban J connectivity index is 2.12. The molecule has 76 valence electrons. The quantitative estimate of drug-likeness (QED) is 0.670. The third-order valence-corrected chi connectivity index (χ3v) is 6.57. The third-order valence-electron chi connectivity index (χ3n) is 2.96. The molecule has 0 radical (unpaired) electrons. The van der Waals surface area contributed by atoms with Gasteiger partial charge in [0.25, 0.3) is 0 Å². The second-order valence-electron chi connectivity index (χ2n) is 4.80. The molecular formula is C10H19NS2. The first-order chi connectivity index (χ1) is 6.04. The molecule has 0 amide bonds. The summed E-state index contributed by atoms with van der Waals surface area (Å²) in [5, 5.41) is 4.61. The van der Waals surface area contributed by atoms with Crippen molar-refractivity contribution in [1.82, 2.24) is 5.32 Å². The zero-order chi connectivity index (χ0) is 9.53. The lowest BCUT2D eigenvalue weighted by atomic mass is 10.0. The monoisotopic (exact) mass is 217 g/mol. The largest absolute Gasteiger partial charge is 0.296 e. The van der Waals surface area contributed by atoms with Crippen LogP contribution in [0.1, 0.15) is 33.6 Å². The van der Waals surface area contributed by atoms with Gasteiger partial charge in [-0.2, -0.15) is 11.8 Å². The predicted molar refractivity (Wildman–Crippen MR) is 63.6 cm³/mol. The van der Waals surface area contributed by atoms with Gasteiger partial charge >= 0.3 is 0 Å². The Labute approximate surface area is 89.8 Å². The molecule has 0 saturated carbocycles. The Bertz CT molecular complexity index is 205. The van der Waals surface area contributed by atoms with Crippen molar-refractivity contribution < 1.29 is 0 Å². The molecule has 2 atom stereocenters. The van der Waals surface area contributed by atoms with Crippen LogP contribution in [-0.4, -0.2) is 27.2 Å². The molecule has 1 spiro atoms. The fourth-order valence-corrected chi connectivity index (χ4v) is 5.32. The first kappa shape index (κ1) is 10.2. The zero-order valence-corrected chi connectivity index (χ0v) is 10.4. The standard InChI is InChI=1S/C10H19NS2/c1-8-10(5-4-6-12-8)11-9(2,3)7-13-10/h8,11H,4-7H2,1-3H3. The van der Waals surface area contributed by atoms with Gasteiger partial charge in [-0.05, 0) is 32.4 Å². The van der Waals surface area contributed by atoms with Crippen molar-refractivity contribution in [2.45, 2.75) is 49.3 Å². The highest BCUT2D eigenvalue weighted by Crippen LogP contribution is 2.47. The van der Waals surface area contributed by atoms with Gasteiger partial charge in [0.1, 0.15) is 0 Å². The van der Waals surface area contributed by atoms with Gasteiger partial charge in [-0.15, -0.1) is 11.8 Å². The van der Waals surface area contributed by atoms with Crippen LogP contribution in [0.4, 0.5) is 0 Å². The van der Waals surface area contributed by atoms with Crippen LogP contribution in [0.15, 0.2) is 0 Å². The van der Waals surface area contributed by atoms with Crippen LogP contribution >= 0.6 is 23.5 Å². The van der Waals surface area contributed by atoms with Crippen LogP contribution in [0.3, 0.4) is 0 Å². The number of nitrogens with one attached hydrogen (secondary N) is 1. The van der Waals surface area contributed by atoms with Crippen LogP contribution in [0.2, 0.25) is 0 Å². The lowest BCUT2D eigenvalue weighted by Gasteiger charge is -2.40. The summed E-state index contributed by atoms with van der Waals surface area (Å²) in [6, 6.07) is 0. The summed E-state index contributed by atoms with van der Waals surface area (Å²) in [6.07, 6.45) is 2.74. The molecule has 2 unspecified atom stereocenters. The highest BCUT2D eigenvalue weighted by Gasteiger charge is 2.47. The van der Waals surface area contributed by atoms with Crippen molar-refractivity contribution in [1.29, 1.82) is 0 Å². The molecule has 2 heterocycles. The molecule has 1 nitrogen and oxygen atoms in total. The Hall–Kier alpha value is 0.660. The van der Waals surface area contributed by atoms with Crippen molar-refractivity contribution in [3.8, 4) is 0 Å². The molecule has 0 aromatic carbocycles. The Morgan fingerprint density at radius 1 is 1.38 bits per heavy atom. The Morgan fingerprint density at radius 3 is 2.69 bits per heavy atom. The van der Waals surface area contributed by atoms with E-state index in [1.807, 2.05) is 0 Å². The van der Waals surface area contributed by atoms with E-state index in [0.717, 1.165) is 5.25 Å². The van der Waals surface area contributed by atoms with E-state index in [1.54, 1.807) is 0 Å². The first-order valence-corrected chi connectivity index (χ1v) is 7.12. The summed E-state index contributed by atoms with van der Waals surface area (Å²) in [5.41, 5.74) is 0.344. The molecule has 0 aromatic heterocycles. The molecule has 0 aromatic rings. The SMILES string of the molecule is CC1SCCCC12NC(C)(C)CS2. The van der Waals surface area contributed by atoms with Gasteiger partial charge in [0.05, 0.1) is 4.87 Å². The van der Waals surface area contributed by atoms with Gasteiger partial charge in [-0.3, -0.25) is 5.32 Å². The highest BCUT2D eigenvalue weighted by molar-refractivity contribution is 8.04. The maximum atomic E-state index is 3.84. The van der Waals surface area contributed by atoms with Gasteiger partial charge < -0.3 is 0 Å². The second-order valence-corrected chi connectivity index (χ2v) is 7.56. The van der Waals surface area contributed by atoms with Gasteiger partial charge in [-0.25, -0.2) is 0 Å². The summed E-state index contributed by atoms with van der Waals surface area (Å²) < 4.78 is 0. The second kappa shape index (κ2) is 3.35. The minimum atomic E-state index is 0.344. The number of hydrogen-bond donors (Lipinski definition) is 1. The van der Waals surface area contributed by atoms with Crippen molar-refractivity contribution in [3.05, 3.63) is 0 Å². The van der Waals surface area contributed by atoms with E-state index in [0.29, 0.717) is 10.4 Å². The van der Waals surface area contributed by atoms with Crippen molar-refractivity contribution in [3.63, 3.8) is 0 Å². The van der Waals surface area contributed by atoms with Gasteiger partial charge in [0.2, 0.25) is 0 Å². The topological polar surface area (TPSA) is 12.0 Å². The maximum absolute atomic E-state index is 3.84. The van der Waals surface area contributed by atoms with E-state index in [4.69, 9.17) is 0 Å². The molecule has 2 saturated heterocycles. The average Bonchev–Trinajstić information content (AvgIpc) is 2.35. The highest BCUT2D eigenvalue weighted by atomic mass is 32.2. The molecule has 2 aliphatic rings. The third kappa shape index (κ3) is 1.88. The molecule has 2 rings (SSSR count). The van der Waals surface area contributed by atoms with Crippen LogP contribution in [0.5, 0.6) is 0 Å². The van der Waals surface area contributed by atoms with E-state index in [9.17, 15) is 0 Å². The van der Waals surface area contributed by atoms with Crippen LogP contribution < -0.4 is 5.32 Å². The van der Waals surface area contributed by atoms with Gasteiger partial charge in [0, 0.05) is 16.5 Å². The average molecular weight is 217 g/mol. The lowest BCUT2D eigenvalue weighted by Crippen LogP contribution is -2.53. The van der Waals surface area contributed by atoms with Gasteiger partial charge in [0.15, 0.2) is 0 Å². The molecule has 0 aliphatic carbocycles. The fourth-order valence-electron chi connectivity index (χ4n) is 2.24. The van der Waals surface area contributed by atoms with E-state index in [2.05, 4.69) is 49.6 Å². The summed E-state index contributed by atoms with van der Waals surface area (Å²) in [6.45, 7) is 7.02. The van der Waals surface area contributed by atoms with Gasteiger partial charge in [-0.1, -0.05) is 6.92 Å². The molecular weight excluding hydrogens is 198 g/mol. The molecule has 1 N–H and O–H groups in total. The number of rotatable bonds is 0. The first-order valence-electron chi connectivity index (χ1n) is 5.09. The smallest absolute Gasteiger partial charge is 0.0767 e. The summed E-state index contributed by atoms with van der Waals surface area (Å²) in [4.78, 5) is 0.395. The van der Waals surface area contributed by atoms with Crippen molar-refractivity contribution in [2.75, 3.05) is 11.5 Å². The summed E-state index contributed by atoms with van der Waals surface area (Å²) in [5.74, 6) is 2.61. The summed E-state index contributed by atoms with van der Waals surface area (Å²) in [7, 11) is 0. The minimum absolute atomic E-state index is 0.344. The lowest BCUT2D eigenvalue weighted by molar-refractivity contribution is 0.340. The van der Waals surface area contributed by atoms with Crippen molar-refractivity contribution in [2.24, 2.45) is 0 Å². The zero-order valence-electron chi connectivity index (χ0n) is 8.72. The van der Waals surface area contributed by atoms with Crippen molar-refractivity contribution >= 4 is 23.5 Å². The fraction of sp³-hybridized carbons (Fsp3) is 1.00. The number of thioether (sulfide) groups is 2. The van der Waals surface area contributed by atoms with E-state index >= 15 is 0 Å².